The number of nitrogens with one attached hydrogen (secondary N) is 1. The summed E-state index contributed by atoms with van der Waals surface area (Å²) in [5, 5.41) is 2.73. The van der Waals surface area contributed by atoms with Crippen molar-refractivity contribution in [2.45, 2.75) is 6.36 Å². The second-order valence-corrected chi connectivity index (χ2v) is 6.18. The number of fused-ring (bicyclic) bond motifs is 1. The summed E-state index contributed by atoms with van der Waals surface area (Å²) in [6, 6.07) is 6.48. The summed E-state index contributed by atoms with van der Waals surface area (Å²) in [4.78, 5) is 28.6. The average molecular weight is 403 g/mol. The highest BCUT2D eigenvalue weighted by Crippen LogP contribution is 2.34. The normalized spacial score (nSPS) is 16.0. The van der Waals surface area contributed by atoms with Gasteiger partial charge >= 0.3 is 12.4 Å². The number of likely N-dealkylation sites (N-methyl/N-ethyl adjacent to an activating group) is 1. The zero-order chi connectivity index (χ0) is 20.8. The average Bonchev–Trinajstić information content (AvgIpc) is 3.16. The summed E-state index contributed by atoms with van der Waals surface area (Å²) < 4.78 is 47.2. The lowest BCUT2D eigenvalue weighted by molar-refractivity contribution is -0.274. The van der Waals surface area contributed by atoms with E-state index in [0.29, 0.717) is 22.1 Å². The van der Waals surface area contributed by atoms with Crippen LogP contribution in [-0.4, -0.2) is 35.2 Å². The van der Waals surface area contributed by atoms with Gasteiger partial charge in [-0.05, 0) is 23.8 Å². The van der Waals surface area contributed by atoms with Crippen LogP contribution in [0.2, 0.25) is 0 Å². The van der Waals surface area contributed by atoms with Crippen molar-refractivity contribution in [3.05, 3.63) is 54.2 Å². The molecule has 0 atom stereocenters. The number of alkyl halides is 3. The van der Waals surface area contributed by atoms with E-state index in [1.165, 1.54) is 43.7 Å². The Kier molecular flexibility index (Phi) is 4.26. The maximum Gasteiger partial charge on any atom is 0.573 e. The van der Waals surface area contributed by atoms with Crippen LogP contribution < -0.4 is 10.1 Å². The molecule has 1 aromatic carbocycles. The lowest BCUT2D eigenvalue weighted by Crippen LogP contribution is -2.24. The number of rotatable bonds is 3. The molecule has 7 nitrogen and oxygen atoms in total. The molecule has 3 aromatic rings. The summed E-state index contributed by atoms with van der Waals surface area (Å²) in [5.41, 5.74) is 1.32. The second kappa shape index (κ2) is 6.66. The third kappa shape index (κ3) is 3.64. The predicted molar refractivity (Wildman–Crippen MR) is 95.4 cm³/mol. The number of benzene rings is 1. The van der Waals surface area contributed by atoms with Crippen molar-refractivity contribution in [1.29, 1.82) is 0 Å². The third-order valence-corrected chi connectivity index (χ3v) is 4.22. The molecule has 10 heteroatoms. The van der Waals surface area contributed by atoms with E-state index in [2.05, 4.69) is 15.0 Å². The van der Waals surface area contributed by atoms with E-state index in [4.69, 9.17) is 4.42 Å². The van der Waals surface area contributed by atoms with Crippen molar-refractivity contribution in [1.82, 2.24) is 15.2 Å². The number of aromatic nitrogens is 1. The van der Waals surface area contributed by atoms with E-state index in [-0.39, 0.29) is 17.2 Å². The van der Waals surface area contributed by atoms with Crippen molar-refractivity contribution in [2.24, 2.45) is 0 Å². The monoisotopic (exact) mass is 403 g/mol. The van der Waals surface area contributed by atoms with Crippen LogP contribution >= 0.6 is 0 Å². The highest BCUT2D eigenvalue weighted by atomic mass is 19.4. The van der Waals surface area contributed by atoms with Gasteiger partial charge in [-0.3, -0.25) is 20.0 Å². The number of urea groups is 1. The Morgan fingerprint density at radius 1 is 1.21 bits per heavy atom. The van der Waals surface area contributed by atoms with Crippen LogP contribution in [0.3, 0.4) is 0 Å². The smallest absolute Gasteiger partial charge is 0.456 e. The minimum atomic E-state index is -4.81. The van der Waals surface area contributed by atoms with Gasteiger partial charge in [0, 0.05) is 36.5 Å². The maximum atomic E-state index is 12.5. The molecule has 3 heterocycles. The Balaban J connectivity index is 1.76. The number of ether oxygens (including phenoxy) is 1. The predicted octanol–water partition coefficient (Wildman–Crippen LogP) is 3.92. The van der Waals surface area contributed by atoms with Crippen LogP contribution in [0.15, 0.2) is 52.8 Å². The number of carbonyl (C=O) groups is 2. The molecule has 0 unspecified atom stereocenters. The number of hydrogen-bond donors (Lipinski definition) is 1. The van der Waals surface area contributed by atoms with Gasteiger partial charge in [-0.25, -0.2) is 4.79 Å². The van der Waals surface area contributed by atoms with E-state index in [1.807, 2.05) is 0 Å². The molecule has 1 aliphatic heterocycles. The highest BCUT2D eigenvalue weighted by Gasteiger charge is 2.31. The molecule has 4 rings (SSSR count). The first-order chi connectivity index (χ1) is 13.7. The summed E-state index contributed by atoms with van der Waals surface area (Å²) in [6.07, 6.45) is -0.442. The molecule has 2 aromatic heterocycles. The Morgan fingerprint density at radius 2 is 2.00 bits per heavy atom. The van der Waals surface area contributed by atoms with Gasteiger partial charge < -0.3 is 9.15 Å². The molecule has 1 fully saturated rings. The van der Waals surface area contributed by atoms with E-state index < -0.39 is 18.3 Å². The van der Waals surface area contributed by atoms with Gasteiger partial charge in [0.2, 0.25) is 0 Å². The lowest BCUT2D eigenvalue weighted by Gasteiger charge is -2.10. The zero-order valence-electron chi connectivity index (χ0n) is 14.8. The Bertz CT molecular complexity index is 1170. The fourth-order valence-electron chi connectivity index (χ4n) is 2.92. The van der Waals surface area contributed by atoms with Gasteiger partial charge in [-0.2, -0.15) is 0 Å². The molecule has 0 spiro atoms. The fraction of sp³-hybridized carbons (Fsp3) is 0.105. The molecule has 0 bridgehead atoms. The quantitative estimate of drug-likeness (QED) is 0.529. The van der Waals surface area contributed by atoms with Crippen molar-refractivity contribution in [2.75, 3.05) is 7.05 Å². The molecular weight excluding hydrogens is 391 g/mol. The molecular formula is C19H12F3N3O4. The number of furan rings is 1. The topological polar surface area (TPSA) is 84.7 Å². The van der Waals surface area contributed by atoms with Crippen LogP contribution in [0, 0.1) is 0 Å². The Morgan fingerprint density at radius 3 is 2.69 bits per heavy atom. The lowest BCUT2D eigenvalue weighted by atomic mass is 10.1. The van der Waals surface area contributed by atoms with Crippen LogP contribution in [-0.2, 0) is 4.79 Å². The summed E-state index contributed by atoms with van der Waals surface area (Å²) in [7, 11) is 1.44. The zero-order valence-corrected chi connectivity index (χ0v) is 14.8. The van der Waals surface area contributed by atoms with Crippen molar-refractivity contribution < 1.29 is 31.9 Å². The number of carbonyl (C=O) groups excluding carboxylic acids is 2. The molecule has 0 radical (unpaired) electrons. The van der Waals surface area contributed by atoms with Gasteiger partial charge in [0.1, 0.15) is 22.8 Å². The summed E-state index contributed by atoms with van der Waals surface area (Å²) in [5.74, 6) is -0.652. The molecule has 29 heavy (non-hydrogen) atoms. The SMILES string of the molecule is CN1C(=O)NC(=O)C1=Cc1cc2cncc(-c3cccc(OC(F)(F)F)c3)c2o1. The molecule has 0 saturated carbocycles. The van der Waals surface area contributed by atoms with E-state index in [1.54, 1.807) is 12.1 Å². The molecule has 1 saturated heterocycles. The van der Waals surface area contributed by atoms with Crippen LogP contribution in [0.4, 0.5) is 18.0 Å². The number of nitrogens with zero attached hydrogens (tertiary/aromatic N) is 2. The summed E-state index contributed by atoms with van der Waals surface area (Å²) >= 11 is 0. The number of amides is 3. The van der Waals surface area contributed by atoms with Gasteiger partial charge in [-0.15, -0.1) is 13.2 Å². The first-order valence-corrected chi connectivity index (χ1v) is 8.26. The van der Waals surface area contributed by atoms with Crippen molar-refractivity contribution >= 4 is 29.0 Å². The van der Waals surface area contributed by atoms with E-state index in [9.17, 15) is 22.8 Å². The first-order valence-electron chi connectivity index (χ1n) is 8.26. The summed E-state index contributed by atoms with van der Waals surface area (Å²) in [6.45, 7) is 0. The minimum Gasteiger partial charge on any atom is -0.456 e. The van der Waals surface area contributed by atoms with Crippen LogP contribution in [0.5, 0.6) is 5.75 Å². The van der Waals surface area contributed by atoms with Gasteiger partial charge in [0.15, 0.2) is 0 Å². The number of halogens is 3. The Labute approximate surface area is 161 Å². The number of pyridine rings is 1. The molecule has 1 N–H and O–H groups in total. The number of imide groups is 1. The van der Waals surface area contributed by atoms with E-state index >= 15 is 0 Å². The Hall–Kier alpha value is -3.82. The van der Waals surface area contributed by atoms with Crippen molar-refractivity contribution in [3.63, 3.8) is 0 Å². The first kappa shape index (κ1) is 18.5. The molecule has 1 aliphatic rings. The third-order valence-electron chi connectivity index (χ3n) is 4.22. The largest absolute Gasteiger partial charge is 0.573 e. The van der Waals surface area contributed by atoms with Gasteiger partial charge in [0.25, 0.3) is 5.91 Å². The second-order valence-electron chi connectivity index (χ2n) is 6.18. The molecule has 148 valence electrons. The van der Waals surface area contributed by atoms with E-state index in [0.717, 1.165) is 4.90 Å². The molecule has 0 aliphatic carbocycles. The number of hydrogen-bond acceptors (Lipinski definition) is 5. The maximum absolute atomic E-state index is 12.5. The van der Waals surface area contributed by atoms with Gasteiger partial charge in [-0.1, -0.05) is 12.1 Å². The molecule has 3 amide bonds. The highest BCUT2D eigenvalue weighted by molar-refractivity contribution is 6.13. The standard InChI is InChI=1S/C19H12F3N3O4/c1-25-15(17(26)24-18(25)27)7-13-6-11-8-23-9-14(16(11)28-13)10-3-2-4-12(5-10)29-19(20,21)22/h2-9H,1H3,(H,24,26,27). The van der Waals surface area contributed by atoms with Crippen LogP contribution in [0.1, 0.15) is 5.76 Å². The minimum absolute atomic E-state index is 0.101. The van der Waals surface area contributed by atoms with Crippen molar-refractivity contribution in [3.8, 4) is 16.9 Å². The van der Waals surface area contributed by atoms with Gasteiger partial charge in [0.05, 0.1) is 0 Å². The fourth-order valence-corrected chi connectivity index (χ4v) is 2.92. The van der Waals surface area contributed by atoms with Crippen LogP contribution in [0.25, 0.3) is 28.2 Å².